The van der Waals surface area contributed by atoms with Gasteiger partial charge in [-0.2, -0.15) is 0 Å². The van der Waals surface area contributed by atoms with Gasteiger partial charge in [0.25, 0.3) is 0 Å². The van der Waals surface area contributed by atoms with Gasteiger partial charge < -0.3 is 14.7 Å². The molecule has 7 heteroatoms. The van der Waals surface area contributed by atoms with E-state index in [1.54, 1.807) is 12.1 Å². The van der Waals surface area contributed by atoms with Crippen molar-refractivity contribution in [3.05, 3.63) is 48.6 Å². The highest BCUT2D eigenvalue weighted by Crippen LogP contribution is 2.27. The smallest absolute Gasteiger partial charge is 0.410 e. The molecule has 1 aromatic carbocycles. The summed E-state index contributed by atoms with van der Waals surface area (Å²) < 4.78 is 5.24. The van der Waals surface area contributed by atoms with Crippen LogP contribution in [0.25, 0.3) is 0 Å². The molecule has 1 unspecified atom stereocenters. The van der Waals surface area contributed by atoms with Crippen molar-refractivity contribution in [1.29, 1.82) is 0 Å². The predicted octanol–water partition coefficient (Wildman–Crippen LogP) is 2.13. The van der Waals surface area contributed by atoms with Crippen LogP contribution in [0.4, 0.5) is 4.79 Å². The lowest BCUT2D eigenvalue weighted by Gasteiger charge is -2.39. The standard InChI is InChI=1S/C18H24N2O5/c1-5-11-18(12-15(21)22,16(23)19(2)3)20(4)17(24)25-13-14-9-7-6-8-10-14/h5-10H,1,11-13H2,2-4H3,(H,21,22). The molecule has 136 valence electrons. The molecule has 0 saturated heterocycles. The molecular weight excluding hydrogens is 324 g/mol. The maximum Gasteiger partial charge on any atom is 0.410 e. The van der Waals surface area contributed by atoms with Gasteiger partial charge in [0.05, 0.1) is 6.42 Å². The van der Waals surface area contributed by atoms with E-state index in [0.717, 1.165) is 10.5 Å². The molecule has 1 atom stereocenters. The van der Waals surface area contributed by atoms with Crippen molar-refractivity contribution in [2.24, 2.45) is 0 Å². The molecule has 7 nitrogen and oxygen atoms in total. The van der Waals surface area contributed by atoms with E-state index >= 15 is 0 Å². The van der Waals surface area contributed by atoms with Crippen LogP contribution < -0.4 is 0 Å². The summed E-state index contributed by atoms with van der Waals surface area (Å²) in [6.07, 6.45) is 0.0908. The maximum absolute atomic E-state index is 12.7. The molecule has 0 aromatic heterocycles. The number of benzene rings is 1. The average molecular weight is 348 g/mol. The third kappa shape index (κ3) is 5.07. The summed E-state index contributed by atoms with van der Waals surface area (Å²) >= 11 is 0. The van der Waals surface area contributed by atoms with E-state index in [-0.39, 0.29) is 13.0 Å². The van der Waals surface area contributed by atoms with E-state index in [4.69, 9.17) is 4.74 Å². The summed E-state index contributed by atoms with van der Waals surface area (Å²) in [5.74, 6) is -1.70. The highest BCUT2D eigenvalue weighted by molar-refractivity contribution is 5.93. The molecule has 0 heterocycles. The molecule has 0 saturated carbocycles. The Hall–Kier alpha value is -2.83. The summed E-state index contributed by atoms with van der Waals surface area (Å²) in [7, 11) is 4.37. The zero-order valence-electron chi connectivity index (χ0n) is 14.8. The van der Waals surface area contributed by atoms with E-state index < -0.39 is 29.9 Å². The van der Waals surface area contributed by atoms with Crippen LogP contribution in [-0.4, -0.2) is 59.6 Å². The van der Waals surface area contributed by atoms with E-state index in [9.17, 15) is 19.5 Å². The number of carbonyl (C=O) groups excluding carboxylic acids is 2. The number of aliphatic carboxylic acids is 1. The zero-order valence-corrected chi connectivity index (χ0v) is 14.8. The van der Waals surface area contributed by atoms with Crippen LogP contribution in [0.3, 0.4) is 0 Å². The Kier molecular flexibility index (Phi) is 7.17. The fraction of sp³-hybridized carbons (Fsp3) is 0.389. The van der Waals surface area contributed by atoms with Gasteiger partial charge in [0, 0.05) is 21.1 Å². The number of hydrogen-bond acceptors (Lipinski definition) is 4. The minimum absolute atomic E-state index is 0.00670. The minimum atomic E-state index is -1.59. The Labute approximate surface area is 147 Å². The van der Waals surface area contributed by atoms with Crippen LogP contribution in [-0.2, 0) is 20.9 Å². The summed E-state index contributed by atoms with van der Waals surface area (Å²) in [6, 6.07) is 9.07. The molecule has 0 spiro atoms. The first-order valence-electron chi connectivity index (χ1n) is 7.73. The van der Waals surface area contributed by atoms with Crippen LogP contribution in [0, 0.1) is 0 Å². The van der Waals surface area contributed by atoms with Gasteiger partial charge in [0.15, 0.2) is 0 Å². The summed E-state index contributed by atoms with van der Waals surface area (Å²) in [4.78, 5) is 38.8. The Morgan fingerprint density at radius 1 is 1.20 bits per heavy atom. The van der Waals surface area contributed by atoms with Crippen molar-refractivity contribution in [2.45, 2.75) is 25.0 Å². The van der Waals surface area contributed by atoms with Crippen molar-refractivity contribution in [2.75, 3.05) is 21.1 Å². The number of rotatable bonds is 8. The summed E-state index contributed by atoms with van der Waals surface area (Å²) in [5, 5.41) is 9.26. The van der Waals surface area contributed by atoms with E-state index in [1.807, 2.05) is 18.2 Å². The van der Waals surface area contributed by atoms with Gasteiger partial charge in [0.1, 0.15) is 12.1 Å². The number of likely N-dealkylation sites (N-methyl/N-ethyl adjacent to an activating group) is 2. The monoisotopic (exact) mass is 348 g/mol. The number of carboxylic acids is 1. The van der Waals surface area contributed by atoms with Crippen molar-refractivity contribution in [3.63, 3.8) is 0 Å². The number of carboxylic acid groups (broad SMARTS) is 1. The van der Waals surface area contributed by atoms with Gasteiger partial charge in [-0.15, -0.1) is 6.58 Å². The largest absolute Gasteiger partial charge is 0.481 e. The van der Waals surface area contributed by atoms with Crippen LogP contribution >= 0.6 is 0 Å². The Morgan fingerprint density at radius 3 is 2.28 bits per heavy atom. The van der Waals surface area contributed by atoms with Crippen LogP contribution in [0.1, 0.15) is 18.4 Å². The molecule has 0 fully saturated rings. The zero-order chi connectivity index (χ0) is 19.0. The molecule has 0 radical (unpaired) electrons. The first kappa shape index (κ1) is 20.2. The Morgan fingerprint density at radius 2 is 1.80 bits per heavy atom. The Bertz CT molecular complexity index is 630. The van der Waals surface area contributed by atoms with E-state index in [0.29, 0.717) is 0 Å². The molecule has 25 heavy (non-hydrogen) atoms. The van der Waals surface area contributed by atoms with Gasteiger partial charge >= 0.3 is 12.1 Å². The van der Waals surface area contributed by atoms with Crippen LogP contribution in [0.15, 0.2) is 43.0 Å². The van der Waals surface area contributed by atoms with Gasteiger partial charge in [-0.3, -0.25) is 14.5 Å². The number of nitrogens with zero attached hydrogens (tertiary/aromatic N) is 2. The van der Waals surface area contributed by atoms with Crippen molar-refractivity contribution in [1.82, 2.24) is 9.80 Å². The molecular formula is C18H24N2O5. The number of carbonyl (C=O) groups is 3. The lowest BCUT2D eigenvalue weighted by Crippen LogP contribution is -2.59. The summed E-state index contributed by atoms with van der Waals surface area (Å²) in [6.45, 7) is 3.61. The maximum atomic E-state index is 12.7. The topological polar surface area (TPSA) is 87.2 Å². The fourth-order valence-corrected chi connectivity index (χ4v) is 2.53. The third-order valence-corrected chi connectivity index (χ3v) is 3.85. The van der Waals surface area contributed by atoms with Crippen molar-refractivity contribution in [3.8, 4) is 0 Å². The second kappa shape index (κ2) is 8.86. The number of hydrogen-bond donors (Lipinski definition) is 1. The normalized spacial score (nSPS) is 12.6. The molecule has 2 amide bonds. The molecule has 1 aromatic rings. The van der Waals surface area contributed by atoms with Gasteiger partial charge in [0.2, 0.25) is 5.91 Å². The molecule has 0 bridgehead atoms. The van der Waals surface area contributed by atoms with Gasteiger partial charge in [-0.1, -0.05) is 36.4 Å². The molecule has 1 rings (SSSR count). The minimum Gasteiger partial charge on any atom is -0.481 e. The van der Waals surface area contributed by atoms with Gasteiger partial charge in [-0.05, 0) is 12.0 Å². The van der Waals surface area contributed by atoms with Crippen molar-refractivity contribution >= 4 is 18.0 Å². The highest BCUT2D eigenvalue weighted by Gasteiger charge is 2.47. The molecule has 1 N–H and O–H groups in total. The first-order valence-corrected chi connectivity index (χ1v) is 7.73. The predicted molar refractivity (Wildman–Crippen MR) is 92.9 cm³/mol. The van der Waals surface area contributed by atoms with Crippen LogP contribution in [0.5, 0.6) is 0 Å². The molecule has 0 aliphatic carbocycles. The number of ether oxygens (including phenoxy) is 1. The van der Waals surface area contributed by atoms with Crippen LogP contribution in [0.2, 0.25) is 0 Å². The number of amides is 2. The second-order valence-corrected chi connectivity index (χ2v) is 5.89. The highest BCUT2D eigenvalue weighted by atomic mass is 16.6. The first-order chi connectivity index (χ1) is 11.7. The Balaban J connectivity index is 3.05. The molecule has 0 aliphatic heterocycles. The lowest BCUT2D eigenvalue weighted by atomic mass is 9.88. The SMILES string of the molecule is C=CCC(CC(=O)O)(C(=O)N(C)C)N(C)C(=O)OCc1ccccc1. The van der Waals surface area contributed by atoms with E-state index in [1.165, 1.54) is 32.1 Å². The quantitative estimate of drug-likeness (QED) is 0.727. The van der Waals surface area contributed by atoms with E-state index in [2.05, 4.69) is 6.58 Å². The van der Waals surface area contributed by atoms with Crippen molar-refractivity contribution < 1.29 is 24.2 Å². The van der Waals surface area contributed by atoms with Gasteiger partial charge in [-0.25, -0.2) is 4.79 Å². The fourth-order valence-electron chi connectivity index (χ4n) is 2.53. The lowest BCUT2D eigenvalue weighted by molar-refractivity contribution is -0.150. The third-order valence-electron chi connectivity index (χ3n) is 3.85. The second-order valence-electron chi connectivity index (χ2n) is 5.89. The summed E-state index contributed by atoms with van der Waals surface area (Å²) in [5.41, 5.74) is -0.805. The molecule has 0 aliphatic rings. The average Bonchev–Trinajstić information content (AvgIpc) is 2.58.